The largest absolute Gasteiger partial charge is 0.481 e. The Labute approximate surface area is 135 Å². The van der Waals surface area contributed by atoms with E-state index in [0.29, 0.717) is 19.5 Å². The van der Waals surface area contributed by atoms with Gasteiger partial charge < -0.3 is 15.3 Å². The highest BCUT2D eigenvalue weighted by molar-refractivity contribution is 7.99. The Morgan fingerprint density at radius 3 is 2.73 bits per heavy atom. The molecular formula is C16H22N2O3S. The summed E-state index contributed by atoms with van der Waals surface area (Å²) in [4.78, 5) is 25.9. The van der Waals surface area contributed by atoms with E-state index in [1.807, 2.05) is 25.1 Å². The number of thioether (sulfide) groups is 1. The molecule has 0 radical (unpaired) electrons. The second-order valence-electron chi connectivity index (χ2n) is 5.45. The van der Waals surface area contributed by atoms with E-state index in [9.17, 15) is 9.59 Å². The lowest BCUT2D eigenvalue weighted by Gasteiger charge is -2.22. The third-order valence-electron chi connectivity index (χ3n) is 3.84. The third-order valence-corrected chi connectivity index (χ3v) is 5.01. The highest BCUT2D eigenvalue weighted by Gasteiger charge is 2.31. The number of rotatable bonds is 6. The van der Waals surface area contributed by atoms with Gasteiger partial charge in [-0.15, -0.1) is 11.8 Å². The monoisotopic (exact) mass is 322 g/mol. The van der Waals surface area contributed by atoms with E-state index in [1.165, 1.54) is 4.90 Å². The van der Waals surface area contributed by atoms with Gasteiger partial charge >= 0.3 is 12.0 Å². The van der Waals surface area contributed by atoms with Crippen LogP contribution in [0.2, 0.25) is 0 Å². The van der Waals surface area contributed by atoms with E-state index in [0.717, 1.165) is 12.2 Å². The Kier molecular flexibility index (Phi) is 6.12. The molecule has 1 aliphatic heterocycles. The number of carboxylic acids is 1. The molecular weight excluding hydrogens is 300 g/mol. The molecule has 1 aromatic rings. The molecule has 2 amide bonds. The van der Waals surface area contributed by atoms with Crippen molar-refractivity contribution >= 4 is 23.8 Å². The molecule has 2 rings (SSSR count). The second-order valence-corrected chi connectivity index (χ2v) is 6.54. The van der Waals surface area contributed by atoms with Crippen molar-refractivity contribution in [2.24, 2.45) is 5.92 Å². The van der Waals surface area contributed by atoms with Crippen LogP contribution >= 0.6 is 11.8 Å². The van der Waals surface area contributed by atoms with Crippen LogP contribution in [-0.4, -0.2) is 46.9 Å². The lowest BCUT2D eigenvalue weighted by Crippen LogP contribution is -2.44. The molecule has 0 spiro atoms. The van der Waals surface area contributed by atoms with Gasteiger partial charge in [0.15, 0.2) is 0 Å². The fourth-order valence-electron chi connectivity index (χ4n) is 2.39. The minimum Gasteiger partial charge on any atom is -0.481 e. The molecule has 2 atom stereocenters. The number of amides is 2. The molecule has 1 aromatic carbocycles. The Morgan fingerprint density at radius 2 is 2.14 bits per heavy atom. The first-order chi connectivity index (χ1) is 10.6. The Hall–Kier alpha value is -1.69. The summed E-state index contributed by atoms with van der Waals surface area (Å²) in [6.07, 6.45) is 1.39. The van der Waals surface area contributed by atoms with E-state index in [2.05, 4.69) is 17.4 Å². The molecule has 0 bridgehead atoms. The summed E-state index contributed by atoms with van der Waals surface area (Å²) in [6.45, 7) is 2.87. The predicted molar refractivity (Wildman–Crippen MR) is 87.1 cm³/mol. The van der Waals surface area contributed by atoms with Gasteiger partial charge in [0.25, 0.3) is 0 Å². The van der Waals surface area contributed by atoms with Crippen LogP contribution in [0, 0.1) is 5.92 Å². The second kappa shape index (κ2) is 8.08. The molecule has 0 saturated carbocycles. The van der Waals surface area contributed by atoms with Gasteiger partial charge in [-0.05, 0) is 25.0 Å². The zero-order valence-corrected chi connectivity index (χ0v) is 13.5. The van der Waals surface area contributed by atoms with Crippen molar-refractivity contribution in [1.29, 1.82) is 0 Å². The van der Waals surface area contributed by atoms with E-state index < -0.39 is 11.9 Å². The van der Waals surface area contributed by atoms with Crippen molar-refractivity contribution in [2.75, 3.05) is 18.8 Å². The van der Waals surface area contributed by atoms with E-state index in [1.54, 1.807) is 16.7 Å². The number of carbonyl (C=O) groups excluding carboxylic acids is 1. The highest BCUT2D eigenvalue weighted by Crippen LogP contribution is 2.20. The number of nitrogens with one attached hydrogen (secondary N) is 1. The zero-order chi connectivity index (χ0) is 15.9. The zero-order valence-electron chi connectivity index (χ0n) is 12.7. The number of carboxylic acid groups (broad SMARTS) is 1. The van der Waals surface area contributed by atoms with Gasteiger partial charge in [-0.25, -0.2) is 4.79 Å². The predicted octanol–water partition coefficient (Wildman–Crippen LogP) is 2.67. The van der Waals surface area contributed by atoms with Gasteiger partial charge in [0, 0.05) is 29.8 Å². The van der Waals surface area contributed by atoms with Crippen LogP contribution in [0.1, 0.15) is 19.8 Å². The Balaban J connectivity index is 1.80. The average molecular weight is 322 g/mol. The number of likely N-dealkylation sites (tertiary alicyclic amines) is 1. The van der Waals surface area contributed by atoms with Crippen molar-refractivity contribution in [2.45, 2.75) is 30.7 Å². The molecule has 1 aliphatic rings. The Bertz CT molecular complexity index is 509. The van der Waals surface area contributed by atoms with Gasteiger partial charge in [-0.1, -0.05) is 25.1 Å². The molecule has 1 heterocycles. The van der Waals surface area contributed by atoms with Crippen molar-refractivity contribution < 1.29 is 14.7 Å². The smallest absolute Gasteiger partial charge is 0.317 e. The lowest BCUT2D eigenvalue weighted by atomic mass is 10.1. The quantitative estimate of drug-likeness (QED) is 0.790. The molecule has 22 heavy (non-hydrogen) atoms. The number of urea groups is 1. The van der Waals surface area contributed by atoms with Crippen LogP contribution in [0.4, 0.5) is 4.79 Å². The van der Waals surface area contributed by atoms with Gasteiger partial charge in [-0.3, -0.25) is 4.79 Å². The standard InChI is InChI=1S/C16H22N2O3S/c1-2-13(11-22-14-6-4-3-5-7-14)17-16(21)18-9-8-12(10-18)15(19)20/h3-7,12-13H,2,8-11H2,1H3,(H,17,21)(H,19,20). The van der Waals surface area contributed by atoms with Crippen LogP contribution in [0.25, 0.3) is 0 Å². The fourth-order valence-corrected chi connectivity index (χ4v) is 3.45. The summed E-state index contributed by atoms with van der Waals surface area (Å²) >= 11 is 1.72. The number of hydrogen-bond acceptors (Lipinski definition) is 3. The van der Waals surface area contributed by atoms with Crippen molar-refractivity contribution in [1.82, 2.24) is 10.2 Å². The van der Waals surface area contributed by atoms with Crippen molar-refractivity contribution in [3.05, 3.63) is 30.3 Å². The SMILES string of the molecule is CCC(CSc1ccccc1)NC(=O)N1CCC(C(=O)O)C1. The first kappa shape index (κ1) is 16.7. The molecule has 2 N–H and O–H groups in total. The summed E-state index contributed by atoms with van der Waals surface area (Å²) in [6, 6.07) is 10.0. The van der Waals surface area contributed by atoms with Gasteiger partial charge in [0.2, 0.25) is 0 Å². The summed E-state index contributed by atoms with van der Waals surface area (Å²) in [5.41, 5.74) is 0. The fraction of sp³-hybridized carbons (Fsp3) is 0.500. The first-order valence-corrected chi connectivity index (χ1v) is 8.54. The van der Waals surface area contributed by atoms with E-state index in [-0.39, 0.29) is 12.1 Å². The molecule has 0 aliphatic carbocycles. The first-order valence-electron chi connectivity index (χ1n) is 7.56. The molecule has 2 unspecified atom stereocenters. The molecule has 120 valence electrons. The summed E-state index contributed by atoms with van der Waals surface area (Å²) in [7, 11) is 0. The topological polar surface area (TPSA) is 69.6 Å². The molecule has 6 heteroatoms. The molecule has 1 fully saturated rings. The minimum atomic E-state index is -0.818. The minimum absolute atomic E-state index is 0.0848. The van der Waals surface area contributed by atoms with Crippen molar-refractivity contribution in [3.8, 4) is 0 Å². The molecule has 1 saturated heterocycles. The number of hydrogen-bond donors (Lipinski definition) is 2. The lowest BCUT2D eigenvalue weighted by molar-refractivity contribution is -0.141. The van der Waals surface area contributed by atoms with Crippen molar-refractivity contribution in [3.63, 3.8) is 0 Å². The van der Waals surface area contributed by atoms with Gasteiger partial charge in [0.05, 0.1) is 5.92 Å². The number of aliphatic carboxylic acids is 1. The maximum atomic E-state index is 12.2. The maximum absolute atomic E-state index is 12.2. The van der Waals surface area contributed by atoms with Crippen LogP contribution in [0.15, 0.2) is 35.2 Å². The van der Waals surface area contributed by atoms with E-state index in [4.69, 9.17) is 5.11 Å². The normalized spacial score (nSPS) is 19.0. The summed E-state index contributed by atoms with van der Waals surface area (Å²) in [5, 5.41) is 12.0. The molecule has 5 nitrogen and oxygen atoms in total. The van der Waals surface area contributed by atoms with Crippen LogP contribution in [0.3, 0.4) is 0 Å². The number of benzene rings is 1. The Morgan fingerprint density at radius 1 is 1.41 bits per heavy atom. The highest BCUT2D eigenvalue weighted by atomic mass is 32.2. The number of nitrogens with zero attached hydrogens (tertiary/aromatic N) is 1. The van der Waals surface area contributed by atoms with E-state index >= 15 is 0 Å². The van der Waals surface area contributed by atoms with Gasteiger partial charge in [-0.2, -0.15) is 0 Å². The van der Waals surface area contributed by atoms with Crippen LogP contribution < -0.4 is 5.32 Å². The van der Waals surface area contributed by atoms with Gasteiger partial charge in [0.1, 0.15) is 0 Å². The summed E-state index contributed by atoms with van der Waals surface area (Å²) < 4.78 is 0. The van der Waals surface area contributed by atoms with Crippen LogP contribution in [0.5, 0.6) is 0 Å². The summed E-state index contributed by atoms with van der Waals surface area (Å²) in [5.74, 6) is -0.436. The number of carbonyl (C=O) groups is 2. The average Bonchev–Trinajstić information content (AvgIpc) is 3.02. The third kappa shape index (κ3) is 4.66. The maximum Gasteiger partial charge on any atom is 0.317 e. The van der Waals surface area contributed by atoms with Crippen LogP contribution in [-0.2, 0) is 4.79 Å². The molecule has 0 aromatic heterocycles.